The van der Waals surface area contributed by atoms with Gasteiger partial charge in [-0.05, 0) is 61.0 Å². The van der Waals surface area contributed by atoms with Crippen molar-refractivity contribution in [3.05, 3.63) is 88.9 Å². The maximum atomic E-state index is 12.5. The van der Waals surface area contributed by atoms with Gasteiger partial charge in [-0.3, -0.25) is 9.59 Å². The summed E-state index contributed by atoms with van der Waals surface area (Å²) in [5.74, 6) is -0.00850. The zero-order valence-corrected chi connectivity index (χ0v) is 16.0. The van der Waals surface area contributed by atoms with Crippen LogP contribution in [0.15, 0.2) is 72.8 Å². The first kappa shape index (κ1) is 19.5. The third kappa shape index (κ3) is 5.34. The third-order valence-corrected chi connectivity index (χ3v) is 4.17. The van der Waals surface area contributed by atoms with Crippen molar-refractivity contribution in [1.82, 2.24) is 0 Å². The van der Waals surface area contributed by atoms with Crippen molar-refractivity contribution in [3.8, 4) is 5.75 Å². The van der Waals surface area contributed by atoms with Gasteiger partial charge in [0, 0.05) is 10.6 Å². The van der Waals surface area contributed by atoms with Crippen molar-refractivity contribution < 1.29 is 14.3 Å². The van der Waals surface area contributed by atoms with Gasteiger partial charge in [-0.15, -0.1) is 0 Å². The molecule has 0 radical (unpaired) electrons. The first-order valence-corrected chi connectivity index (χ1v) is 9.04. The molecule has 6 heteroatoms. The zero-order valence-electron chi connectivity index (χ0n) is 15.2. The molecule has 3 aromatic carbocycles. The predicted molar refractivity (Wildman–Crippen MR) is 111 cm³/mol. The van der Waals surface area contributed by atoms with Gasteiger partial charge >= 0.3 is 0 Å². The lowest BCUT2D eigenvalue weighted by atomic mass is 10.1. The summed E-state index contributed by atoms with van der Waals surface area (Å²) in [7, 11) is 0. The molecule has 0 aliphatic heterocycles. The quantitative estimate of drug-likeness (QED) is 0.623. The van der Waals surface area contributed by atoms with Crippen LogP contribution in [0.1, 0.15) is 15.9 Å². The molecule has 28 heavy (non-hydrogen) atoms. The highest BCUT2D eigenvalue weighted by Crippen LogP contribution is 2.24. The zero-order chi connectivity index (χ0) is 19.9. The molecule has 142 valence electrons. The number of hydrogen-bond donors (Lipinski definition) is 2. The molecule has 0 fully saturated rings. The Morgan fingerprint density at radius 1 is 0.893 bits per heavy atom. The van der Waals surface area contributed by atoms with Gasteiger partial charge in [0.25, 0.3) is 11.8 Å². The van der Waals surface area contributed by atoms with Gasteiger partial charge in [-0.25, -0.2) is 0 Å². The highest BCUT2D eigenvalue weighted by molar-refractivity contribution is 6.30. The van der Waals surface area contributed by atoms with Crippen LogP contribution in [0.3, 0.4) is 0 Å². The molecule has 5 nitrogen and oxygen atoms in total. The van der Waals surface area contributed by atoms with E-state index in [2.05, 4.69) is 10.6 Å². The van der Waals surface area contributed by atoms with Crippen LogP contribution < -0.4 is 15.4 Å². The lowest BCUT2D eigenvalue weighted by Gasteiger charge is -2.14. The molecule has 2 N–H and O–H groups in total. The number of anilines is 2. The van der Waals surface area contributed by atoms with Crippen molar-refractivity contribution in [2.45, 2.75) is 6.92 Å². The molecule has 2 amide bonds. The number of carbonyl (C=O) groups excluding carboxylic acids is 2. The fourth-order valence-corrected chi connectivity index (χ4v) is 2.64. The van der Waals surface area contributed by atoms with E-state index in [9.17, 15) is 9.59 Å². The molecule has 0 saturated carbocycles. The molecular formula is C22H19ClN2O3. The van der Waals surface area contributed by atoms with Gasteiger partial charge in [0.1, 0.15) is 5.75 Å². The van der Waals surface area contributed by atoms with Gasteiger partial charge in [0.15, 0.2) is 6.61 Å². The Morgan fingerprint density at radius 3 is 2.32 bits per heavy atom. The fourth-order valence-electron chi connectivity index (χ4n) is 2.52. The maximum Gasteiger partial charge on any atom is 0.262 e. The van der Waals surface area contributed by atoms with Crippen LogP contribution in [0, 0.1) is 6.92 Å². The van der Waals surface area contributed by atoms with Crippen LogP contribution in [0.5, 0.6) is 5.75 Å². The minimum absolute atomic E-state index is 0.136. The fraction of sp³-hybridized carbons (Fsp3) is 0.0909. The Bertz CT molecular complexity index is 973. The summed E-state index contributed by atoms with van der Waals surface area (Å²) in [4.78, 5) is 24.7. The van der Waals surface area contributed by atoms with Crippen LogP contribution in [-0.2, 0) is 4.79 Å². The SMILES string of the molecule is Cc1ccc(NC(=O)COc2ccccc2)c(NC(=O)c2ccc(Cl)cc2)c1. The molecule has 0 atom stereocenters. The highest BCUT2D eigenvalue weighted by atomic mass is 35.5. The smallest absolute Gasteiger partial charge is 0.262 e. The second-order valence-electron chi connectivity index (χ2n) is 6.16. The topological polar surface area (TPSA) is 67.4 Å². The van der Waals surface area contributed by atoms with E-state index >= 15 is 0 Å². The summed E-state index contributed by atoms with van der Waals surface area (Å²) in [6.45, 7) is 1.77. The molecule has 0 saturated heterocycles. The average molecular weight is 395 g/mol. The summed E-state index contributed by atoms with van der Waals surface area (Å²) < 4.78 is 5.45. The van der Waals surface area contributed by atoms with Crippen LogP contribution >= 0.6 is 11.6 Å². The van der Waals surface area contributed by atoms with Crippen molar-refractivity contribution in [2.75, 3.05) is 17.2 Å². The van der Waals surface area contributed by atoms with Crippen LogP contribution in [0.25, 0.3) is 0 Å². The maximum absolute atomic E-state index is 12.5. The third-order valence-electron chi connectivity index (χ3n) is 3.92. The molecular weight excluding hydrogens is 376 g/mol. The Kier molecular flexibility index (Phi) is 6.29. The number of halogens is 1. The van der Waals surface area contributed by atoms with Gasteiger partial charge in [-0.1, -0.05) is 35.9 Å². The Hall–Kier alpha value is -3.31. The van der Waals surface area contributed by atoms with Crippen LogP contribution in [0.2, 0.25) is 5.02 Å². The van der Waals surface area contributed by atoms with Crippen molar-refractivity contribution in [3.63, 3.8) is 0 Å². The molecule has 0 aliphatic carbocycles. The number of nitrogens with one attached hydrogen (secondary N) is 2. The monoisotopic (exact) mass is 394 g/mol. The number of para-hydroxylation sites is 1. The van der Waals surface area contributed by atoms with E-state index < -0.39 is 0 Å². The van der Waals surface area contributed by atoms with E-state index in [-0.39, 0.29) is 18.4 Å². The first-order valence-electron chi connectivity index (χ1n) is 8.66. The predicted octanol–water partition coefficient (Wildman–Crippen LogP) is 4.92. The molecule has 0 unspecified atom stereocenters. The molecule has 3 aromatic rings. The second-order valence-corrected chi connectivity index (χ2v) is 6.60. The summed E-state index contributed by atoms with van der Waals surface area (Å²) >= 11 is 5.86. The lowest BCUT2D eigenvalue weighted by molar-refractivity contribution is -0.118. The van der Waals surface area contributed by atoms with E-state index in [0.29, 0.717) is 27.7 Å². The van der Waals surface area contributed by atoms with E-state index in [1.54, 1.807) is 48.5 Å². The lowest BCUT2D eigenvalue weighted by Crippen LogP contribution is -2.21. The summed E-state index contributed by atoms with van der Waals surface area (Å²) in [5, 5.41) is 6.16. The van der Waals surface area contributed by atoms with E-state index in [1.165, 1.54) is 0 Å². The molecule has 0 bridgehead atoms. The Morgan fingerprint density at radius 2 is 1.61 bits per heavy atom. The minimum atomic E-state index is -0.324. The van der Waals surface area contributed by atoms with Gasteiger partial charge in [0.2, 0.25) is 0 Å². The number of amides is 2. The summed E-state index contributed by atoms with van der Waals surface area (Å²) in [6, 6.07) is 21.0. The largest absolute Gasteiger partial charge is 0.484 e. The Balaban J connectivity index is 1.68. The van der Waals surface area contributed by atoms with E-state index in [4.69, 9.17) is 16.3 Å². The number of rotatable bonds is 6. The molecule has 0 spiro atoms. The summed E-state index contributed by atoms with van der Waals surface area (Å²) in [6.07, 6.45) is 0. The van der Waals surface area contributed by atoms with E-state index in [1.807, 2.05) is 31.2 Å². The Labute approximate surface area is 168 Å². The molecule has 3 rings (SSSR count). The molecule has 0 aromatic heterocycles. The van der Waals surface area contributed by atoms with Crippen molar-refractivity contribution in [1.29, 1.82) is 0 Å². The van der Waals surface area contributed by atoms with Crippen LogP contribution in [0.4, 0.5) is 11.4 Å². The normalized spacial score (nSPS) is 10.2. The number of carbonyl (C=O) groups is 2. The van der Waals surface area contributed by atoms with Crippen LogP contribution in [-0.4, -0.2) is 18.4 Å². The standard InChI is InChI=1S/C22H19ClN2O3/c1-15-7-12-19(24-21(26)14-28-18-5-3-2-4-6-18)20(13-15)25-22(27)16-8-10-17(23)11-9-16/h2-13H,14H2,1H3,(H,24,26)(H,25,27). The first-order chi connectivity index (χ1) is 13.5. The minimum Gasteiger partial charge on any atom is -0.484 e. The second kappa shape index (κ2) is 9.06. The number of aryl methyl sites for hydroxylation is 1. The van der Waals surface area contributed by atoms with Gasteiger partial charge < -0.3 is 15.4 Å². The number of ether oxygens (including phenoxy) is 1. The van der Waals surface area contributed by atoms with E-state index in [0.717, 1.165) is 5.56 Å². The number of hydrogen-bond acceptors (Lipinski definition) is 3. The molecule has 0 aliphatic rings. The highest BCUT2D eigenvalue weighted by Gasteiger charge is 2.12. The van der Waals surface area contributed by atoms with Crippen molar-refractivity contribution in [2.24, 2.45) is 0 Å². The van der Waals surface area contributed by atoms with Crippen molar-refractivity contribution >= 4 is 34.8 Å². The number of benzene rings is 3. The van der Waals surface area contributed by atoms with Gasteiger partial charge in [0.05, 0.1) is 11.4 Å². The van der Waals surface area contributed by atoms with Gasteiger partial charge in [-0.2, -0.15) is 0 Å². The summed E-state index contributed by atoms with van der Waals surface area (Å²) in [5.41, 5.74) is 2.42. The molecule has 0 heterocycles. The average Bonchev–Trinajstić information content (AvgIpc) is 2.70.